The molecule has 2 aromatic rings. The lowest BCUT2D eigenvalue weighted by Gasteiger charge is -2.35. The van der Waals surface area contributed by atoms with Crippen LogP contribution in [0.15, 0.2) is 18.2 Å². The Labute approximate surface area is 147 Å². The highest BCUT2D eigenvalue weighted by Gasteiger charge is 2.28. The Morgan fingerprint density at radius 3 is 2.71 bits per heavy atom. The van der Waals surface area contributed by atoms with E-state index in [2.05, 4.69) is 4.90 Å². The average Bonchev–Trinajstić information content (AvgIpc) is 2.97. The molecule has 3 rings (SSSR count). The predicted octanol–water partition coefficient (Wildman–Crippen LogP) is 2.56. The molecule has 0 atom stereocenters. The van der Waals surface area contributed by atoms with Crippen molar-refractivity contribution in [3.63, 3.8) is 0 Å². The molecule has 1 fully saturated rings. The summed E-state index contributed by atoms with van der Waals surface area (Å²) in [6.07, 6.45) is 2.91. The van der Waals surface area contributed by atoms with Gasteiger partial charge in [0, 0.05) is 26.2 Å². The summed E-state index contributed by atoms with van der Waals surface area (Å²) in [5.74, 6) is 0.869. The van der Waals surface area contributed by atoms with Gasteiger partial charge in [0.2, 0.25) is 10.0 Å². The summed E-state index contributed by atoms with van der Waals surface area (Å²) >= 11 is 1.66. The van der Waals surface area contributed by atoms with Crippen LogP contribution in [0.4, 0.5) is 5.13 Å². The first-order chi connectivity index (χ1) is 11.4. The molecule has 0 spiro atoms. The van der Waals surface area contributed by atoms with Gasteiger partial charge < -0.3 is 9.64 Å². The topological polar surface area (TPSA) is 62.7 Å². The first-order valence-corrected chi connectivity index (χ1v) is 10.8. The van der Waals surface area contributed by atoms with Crippen molar-refractivity contribution in [1.82, 2.24) is 9.29 Å². The Hall–Kier alpha value is -1.38. The van der Waals surface area contributed by atoms with Gasteiger partial charge in [-0.1, -0.05) is 11.3 Å². The highest BCUT2D eigenvalue weighted by Crippen LogP contribution is 2.33. The van der Waals surface area contributed by atoms with Crippen molar-refractivity contribution in [1.29, 1.82) is 0 Å². The van der Waals surface area contributed by atoms with E-state index in [-0.39, 0.29) is 6.04 Å². The number of hydrogen-bond acceptors (Lipinski definition) is 6. The second-order valence-electron chi connectivity index (χ2n) is 6.06. The first kappa shape index (κ1) is 17.4. The maximum atomic E-state index is 11.7. The SMILES string of the molecule is CCOc1ccc2nc(N3CCC(N(C)S(C)(=O)=O)CC3)sc2c1. The highest BCUT2D eigenvalue weighted by atomic mass is 32.2. The molecule has 2 heterocycles. The van der Waals surface area contributed by atoms with Crippen molar-refractivity contribution in [3.05, 3.63) is 18.2 Å². The van der Waals surface area contributed by atoms with E-state index < -0.39 is 10.0 Å². The second-order valence-corrected chi connectivity index (χ2v) is 9.11. The molecule has 132 valence electrons. The lowest BCUT2D eigenvalue weighted by atomic mass is 10.1. The molecule has 1 aliphatic rings. The maximum Gasteiger partial charge on any atom is 0.211 e. The van der Waals surface area contributed by atoms with Crippen LogP contribution in [0.3, 0.4) is 0 Å². The van der Waals surface area contributed by atoms with Gasteiger partial charge in [-0.05, 0) is 38.0 Å². The highest BCUT2D eigenvalue weighted by molar-refractivity contribution is 7.88. The molecule has 1 saturated heterocycles. The number of aromatic nitrogens is 1. The number of piperidine rings is 1. The van der Waals surface area contributed by atoms with Gasteiger partial charge in [-0.25, -0.2) is 17.7 Å². The molecule has 6 nitrogen and oxygen atoms in total. The Morgan fingerprint density at radius 1 is 1.38 bits per heavy atom. The van der Waals surface area contributed by atoms with Crippen LogP contribution in [0.2, 0.25) is 0 Å². The van der Waals surface area contributed by atoms with Gasteiger partial charge in [-0.3, -0.25) is 0 Å². The number of benzene rings is 1. The number of ether oxygens (including phenoxy) is 1. The Balaban J connectivity index is 1.71. The molecule has 0 bridgehead atoms. The third-order valence-electron chi connectivity index (χ3n) is 4.43. The minimum Gasteiger partial charge on any atom is -0.494 e. The van der Waals surface area contributed by atoms with Gasteiger partial charge in [0.1, 0.15) is 5.75 Å². The van der Waals surface area contributed by atoms with Gasteiger partial charge in [0.05, 0.1) is 23.1 Å². The number of rotatable bonds is 5. The van der Waals surface area contributed by atoms with Crippen LogP contribution < -0.4 is 9.64 Å². The first-order valence-electron chi connectivity index (χ1n) is 8.10. The average molecular weight is 370 g/mol. The van der Waals surface area contributed by atoms with Crippen LogP contribution in [0, 0.1) is 0 Å². The Kier molecular flexibility index (Phi) is 4.98. The molecule has 8 heteroatoms. The van der Waals surface area contributed by atoms with E-state index in [1.807, 2.05) is 25.1 Å². The van der Waals surface area contributed by atoms with Crippen molar-refractivity contribution in [2.75, 3.05) is 37.9 Å². The minimum absolute atomic E-state index is 0.0789. The van der Waals surface area contributed by atoms with Crippen molar-refractivity contribution in [3.8, 4) is 5.75 Å². The fourth-order valence-electron chi connectivity index (χ4n) is 2.98. The smallest absolute Gasteiger partial charge is 0.211 e. The molecular formula is C16H23N3O3S2. The largest absolute Gasteiger partial charge is 0.494 e. The maximum absolute atomic E-state index is 11.7. The lowest BCUT2D eigenvalue weighted by Crippen LogP contribution is -2.45. The van der Waals surface area contributed by atoms with Crippen LogP contribution in [0.5, 0.6) is 5.75 Å². The summed E-state index contributed by atoms with van der Waals surface area (Å²) in [4.78, 5) is 6.96. The van der Waals surface area contributed by atoms with E-state index in [1.54, 1.807) is 18.4 Å². The van der Waals surface area contributed by atoms with Crippen LogP contribution >= 0.6 is 11.3 Å². The Bertz CT molecular complexity index is 811. The van der Waals surface area contributed by atoms with E-state index in [0.717, 1.165) is 47.0 Å². The number of hydrogen-bond donors (Lipinski definition) is 0. The fourth-order valence-corrected chi connectivity index (χ4v) is 4.77. The van der Waals surface area contributed by atoms with Gasteiger partial charge in [0.15, 0.2) is 5.13 Å². The van der Waals surface area contributed by atoms with E-state index in [9.17, 15) is 8.42 Å². The zero-order chi connectivity index (χ0) is 17.3. The number of nitrogens with zero attached hydrogens (tertiary/aromatic N) is 3. The molecule has 1 aromatic carbocycles. The molecule has 1 aliphatic heterocycles. The number of sulfonamides is 1. The van der Waals surface area contributed by atoms with Gasteiger partial charge >= 0.3 is 0 Å². The summed E-state index contributed by atoms with van der Waals surface area (Å²) in [6, 6.07) is 6.05. The quantitative estimate of drug-likeness (QED) is 0.810. The molecule has 24 heavy (non-hydrogen) atoms. The molecule has 0 amide bonds. The zero-order valence-corrected chi connectivity index (χ0v) is 15.9. The number of anilines is 1. The molecule has 1 aromatic heterocycles. The molecule has 0 saturated carbocycles. The van der Waals surface area contributed by atoms with Crippen molar-refractivity contribution in [2.45, 2.75) is 25.8 Å². The fraction of sp³-hybridized carbons (Fsp3) is 0.562. The Morgan fingerprint density at radius 2 is 2.08 bits per heavy atom. The van der Waals surface area contributed by atoms with E-state index in [4.69, 9.17) is 9.72 Å². The van der Waals surface area contributed by atoms with Crippen molar-refractivity contribution in [2.24, 2.45) is 0 Å². The molecular weight excluding hydrogens is 346 g/mol. The summed E-state index contributed by atoms with van der Waals surface area (Å²) < 4.78 is 31.5. The monoisotopic (exact) mass is 369 g/mol. The molecule has 0 aliphatic carbocycles. The standard InChI is InChI=1S/C16H23N3O3S2/c1-4-22-13-5-6-14-15(11-13)23-16(17-14)19-9-7-12(8-10-19)18(2)24(3,20)21/h5-6,11-12H,4,7-10H2,1-3H3. The third kappa shape index (κ3) is 3.65. The van der Waals surface area contributed by atoms with E-state index >= 15 is 0 Å². The van der Waals surface area contributed by atoms with Crippen LogP contribution in [-0.4, -0.2) is 56.7 Å². The second kappa shape index (κ2) is 6.85. The molecule has 0 unspecified atom stereocenters. The summed E-state index contributed by atoms with van der Waals surface area (Å²) in [6.45, 7) is 4.27. The molecule has 0 radical (unpaired) electrons. The van der Waals surface area contributed by atoms with E-state index in [0.29, 0.717) is 6.61 Å². The minimum atomic E-state index is -3.13. The van der Waals surface area contributed by atoms with Gasteiger partial charge in [-0.2, -0.15) is 0 Å². The van der Waals surface area contributed by atoms with Crippen molar-refractivity contribution >= 4 is 36.7 Å². The normalized spacial score (nSPS) is 16.9. The number of fused-ring (bicyclic) bond motifs is 1. The van der Waals surface area contributed by atoms with Crippen molar-refractivity contribution < 1.29 is 13.2 Å². The van der Waals surface area contributed by atoms with Crippen LogP contribution in [0.25, 0.3) is 10.2 Å². The van der Waals surface area contributed by atoms with Gasteiger partial charge in [-0.15, -0.1) is 0 Å². The summed E-state index contributed by atoms with van der Waals surface area (Å²) in [5, 5.41) is 0.999. The van der Waals surface area contributed by atoms with E-state index in [1.165, 1.54) is 10.6 Å². The summed E-state index contributed by atoms with van der Waals surface area (Å²) in [7, 11) is -1.46. The number of thiazole rings is 1. The molecule has 0 N–H and O–H groups in total. The summed E-state index contributed by atoms with van der Waals surface area (Å²) in [5.41, 5.74) is 0.980. The predicted molar refractivity (Wildman–Crippen MR) is 98.6 cm³/mol. The van der Waals surface area contributed by atoms with Gasteiger partial charge in [0.25, 0.3) is 0 Å². The lowest BCUT2D eigenvalue weighted by molar-refractivity contribution is 0.314. The third-order valence-corrected chi connectivity index (χ3v) is 6.86. The van der Waals surface area contributed by atoms with Crippen LogP contribution in [0.1, 0.15) is 19.8 Å². The zero-order valence-electron chi connectivity index (χ0n) is 14.2. The van der Waals surface area contributed by atoms with Crippen LogP contribution in [-0.2, 0) is 10.0 Å².